The predicted molar refractivity (Wildman–Crippen MR) is 108 cm³/mol. The van der Waals surface area contributed by atoms with Crippen molar-refractivity contribution in [3.8, 4) is 5.75 Å². The van der Waals surface area contributed by atoms with Gasteiger partial charge in [0.05, 0.1) is 24.0 Å². The van der Waals surface area contributed by atoms with Crippen LogP contribution < -0.4 is 4.74 Å². The molecule has 1 aromatic carbocycles. The van der Waals surface area contributed by atoms with Gasteiger partial charge in [-0.3, -0.25) is 9.59 Å². The van der Waals surface area contributed by atoms with Crippen LogP contribution in [0.25, 0.3) is 0 Å². The number of benzene rings is 1. The second kappa shape index (κ2) is 8.53. The lowest BCUT2D eigenvalue weighted by Gasteiger charge is -2.28. The van der Waals surface area contributed by atoms with Crippen LogP contribution in [-0.2, 0) is 4.79 Å². The third-order valence-electron chi connectivity index (χ3n) is 4.63. The summed E-state index contributed by atoms with van der Waals surface area (Å²) in [6.07, 6.45) is 1.37. The molecular formula is C22H26N2O5. The lowest BCUT2D eigenvalue weighted by Crippen LogP contribution is -2.36. The first-order valence-corrected chi connectivity index (χ1v) is 9.53. The first kappa shape index (κ1) is 20.7. The standard InChI is InChI=1S/C22H26N2O5/c1-14(2)29-16-8-5-7-15(13-16)19-18(20(25)17-9-6-12-28-17)21(26)22(27)24(19)11-10-23(3)4/h5-9,12-14,19,26H,10-11H2,1-4H3. The van der Waals surface area contributed by atoms with Gasteiger partial charge in [0.15, 0.2) is 11.5 Å². The van der Waals surface area contributed by atoms with Crippen LogP contribution in [0.5, 0.6) is 5.75 Å². The molecule has 0 saturated heterocycles. The van der Waals surface area contributed by atoms with E-state index in [0.717, 1.165) is 0 Å². The minimum absolute atomic E-state index is 0.0189. The number of likely N-dealkylation sites (N-methyl/N-ethyl adjacent to an activating group) is 1. The van der Waals surface area contributed by atoms with E-state index in [1.807, 2.05) is 51.0 Å². The average Bonchev–Trinajstić information content (AvgIpc) is 3.27. The highest BCUT2D eigenvalue weighted by Gasteiger charge is 2.44. The molecule has 1 aliphatic rings. The molecule has 29 heavy (non-hydrogen) atoms. The minimum Gasteiger partial charge on any atom is -0.503 e. The summed E-state index contributed by atoms with van der Waals surface area (Å²) >= 11 is 0. The van der Waals surface area contributed by atoms with Crippen LogP contribution in [0.4, 0.5) is 0 Å². The molecule has 1 unspecified atom stereocenters. The Labute approximate surface area is 170 Å². The van der Waals surface area contributed by atoms with E-state index in [-0.39, 0.29) is 17.4 Å². The maximum atomic E-state index is 13.1. The van der Waals surface area contributed by atoms with Gasteiger partial charge in [-0.15, -0.1) is 0 Å². The molecule has 3 rings (SSSR count). The Morgan fingerprint density at radius 3 is 2.66 bits per heavy atom. The molecule has 0 saturated carbocycles. The molecule has 2 heterocycles. The van der Waals surface area contributed by atoms with Gasteiger partial charge in [-0.2, -0.15) is 0 Å². The fraction of sp³-hybridized carbons (Fsp3) is 0.364. The highest BCUT2D eigenvalue weighted by molar-refractivity contribution is 6.15. The number of ether oxygens (including phenoxy) is 1. The molecule has 7 heteroatoms. The van der Waals surface area contributed by atoms with Crippen LogP contribution in [0.2, 0.25) is 0 Å². The Bertz CT molecular complexity index is 915. The lowest BCUT2D eigenvalue weighted by atomic mass is 9.95. The summed E-state index contributed by atoms with van der Waals surface area (Å²) in [6.45, 7) is 4.78. The Kier molecular flexibility index (Phi) is 6.08. The van der Waals surface area contributed by atoms with Crippen LogP contribution >= 0.6 is 0 Å². The maximum absolute atomic E-state index is 13.1. The molecule has 1 aliphatic heterocycles. The van der Waals surface area contributed by atoms with Crippen molar-refractivity contribution in [3.05, 3.63) is 65.3 Å². The van der Waals surface area contributed by atoms with E-state index in [0.29, 0.717) is 24.4 Å². The fourth-order valence-electron chi connectivity index (χ4n) is 3.34. The van der Waals surface area contributed by atoms with Gasteiger partial charge < -0.3 is 24.1 Å². The smallest absolute Gasteiger partial charge is 0.290 e. The number of Topliss-reactive ketones (excluding diaryl/α,β-unsaturated/α-hetero) is 1. The second-order valence-corrected chi connectivity index (χ2v) is 7.51. The van der Waals surface area contributed by atoms with Gasteiger partial charge in [-0.25, -0.2) is 0 Å². The quantitative estimate of drug-likeness (QED) is 0.688. The third-order valence-corrected chi connectivity index (χ3v) is 4.63. The second-order valence-electron chi connectivity index (χ2n) is 7.51. The number of carbonyl (C=O) groups is 2. The molecule has 1 amide bonds. The molecular weight excluding hydrogens is 372 g/mol. The van der Waals surface area contributed by atoms with Crippen molar-refractivity contribution in [1.29, 1.82) is 0 Å². The Morgan fingerprint density at radius 1 is 1.28 bits per heavy atom. The van der Waals surface area contributed by atoms with Crippen LogP contribution in [0.1, 0.15) is 36.0 Å². The van der Waals surface area contributed by atoms with E-state index < -0.39 is 23.5 Å². The van der Waals surface area contributed by atoms with Crippen LogP contribution in [0.3, 0.4) is 0 Å². The van der Waals surface area contributed by atoms with E-state index in [4.69, 9.17) is 9.15 Å². The topological polar surface area (TPSA) is 83.2 Å². The number of rotatable bonds is 8. The van der Waals surface area contributed by atoms with Gasteiger partial charge in [-0.1, -0.05) is 12.1 Å². The molecule has 2 aromatic rings. The lowest BCUT2D eigenvalue weighted by molar-refractivity contribution is -0.129. The van der Waals surface area contributed by atoms with E-state index in [1.54, 1.807) is 12.1 Å². The molecule has 0 aliphatic carbocycles. The van der Waals surface area contributed by atoms with Gasteiger partial charge in [0.2, 0.25) is 5.78 Å². The minimum atomic E-state index is -0.726. The predicted octanol–water partition coefficient (Wildman–Crippen LogP) is 3.21. The monoisotopic (exact) mass is 398 g/mol. The number of ketones is 1. The van der Waals surface area contributed by atoms with Gasteiger partial charge in [0, 0.05) is 13.1 Å². The van der Waals surface area contributed by atoms with Crippen molar-refractivity contribution in [2.24, 2.45) is 0 Å². The van der Waals surface area contributed by atoms with Crippen molar-refractivity contribution in [3.63, 3.8) is 0 Å². The maximum Gasteiger partial charge on any atom is 0.290 e. The van der Waals surface area contributed by atoms with Crippen molar-refractivity contribution < 1.29 is 23.8 Å². The zero-order valence-electron chi connectivity index (χ0n) is 17.1. The number of amides is 1. The van der Waals surface area contributed by atoms with Gasteiger partial charge in [0.25, 0.3) is 5.91 Å². The Morgan fingerprint density at radius 2 is 2.03 bits per heavy atom. The van der Waals surface area contributed by atoms with Crippen LogP contribution in [0, 0.1) is 0 Å². The third kappa shape index (κ3) is 4.35. The summed E-state index contributed by atoms with van der Waals surface area (Å²) in [6, 6.07) is 9.64. The Hall–Kier alpha value is -3.06. The summed E-state index contributed by atoms with van der Waals surface area (Å²) < 4.78 is 11.0. The van der Waals surface area contributed by atoms with E-state index in [9.17, 15) is 14.7 Å². The number of carbonyl (C=O) groups excluding carboxylic acids is 2. The summed E-state index contributed by atoms with van der Waals surface area (Å²) in [7, 11) is 3.80. The largest absolute Gasteiger partial charge is 0.503 e. The normalized spacial score (nSPS) is 17.0. The Balaban J connectivity index is 2.05. The molecule has 0 bridgehead atoms. The zero-order valence-corrected chi connectivity index (χ0v) is 17.1. The van der Waals surface area contributed by atoms with E-state index >= 15 is 0 Å². The summed E-state index contributed by atoms with van der Waals surface area (Å²) in [4.78, 5) is 29.3. The number of aliphatic hydroxyl groups excluding tert-OH is 1. The first-order chi connectivity index (χ1) is 13.8. The summed E-state index contributed by atoms with van der Waals surface area (Å²) in [5.41, 5.74) is 0.708. The average molecular weight is 398 g/mol. The number of nitrogens with zero attached hydrogens (tertiary/aromatic N) is 2. The van der Waals surface area contributed by atoms with E-state index in [1.165, 1.54) is 17.2 Å². The molecule has 0 fully saturated rings. The van der Waals surface area contributed by atoms with Gasteiger partial charge >= 0.3 is 0 Å². The van der Waals surface area contributed by atoms with Crippen molar-refractivity contribution in [2.45, 2.75) is 26.0 Å². The fourth-order valence-corrected chi connectivity index (χ4v) is 3.34. The number of aliphatic hydroxyl groups is 1. The van der Waals surface area contributed by atoms with Gasteiger partial charge in [-0.05, 0) is 57.8 Å². The van der Waals surface area contributed by atoms with Crippen molar-refractivity contribution in [1.82, 2.24) is 9.80 Å². The number of furan rings is 1. The highest BCUT2D eigenvalue weighted by atomic mass is 16.5. The SMILES string of the molecule is CC(C)Oc1cccc(C2C(C(=O)c3ccco3)=C(O)C(=O)N2CCN(C)C)c1. The molecule has 7 nitrogen and oxygen atoms in total. The first-order valence-electron chi connectivity index (χ1n) is 9.53. The number of hydrogen-bond acceptors (Lipinski definition) is 6. The molecule has 0 radical (unpaired) electrons. The molecule has 1 aromatic heterocycles. The molecule has 1 atom stereocenters. The number of hydrogen-bond donors (Lipinski definition) is 1. The molecule has 0 spiro atoms. The van der Waals surface area contributed by atoms with Crippen molar-refractivity contribution >= 4 is 11.7 Å². The van der Waals surface area contributed by atoms with Gasteiger partial charge in [0.1, 0.15) is 5.75 Å². The van der Waals surface area contributed by atoms with Crippen LogP contribution in [0.15, 0.2) is 58.4 Å². The van der Waals surface area contributed by atoms with Crippen LogP contribution in [-0.4, -0.2) is 59.9 Å². The van der Waals surface area contributed by atoms with E-state index in [2.05, 4.69) is 0 Å². The summed E-state index contributed by atoms with van der Waals surface area (Å²) in [5, 5.41) is 10.6. The zero-order chi connectivity index (χ0) is 21.1. The molecule has 154 valence electrons. The van der Waals surface area contributed by atoms with Crippen molar-refractivity contribution in [2.75, 3.05) is 27.2 Å². The summed E-state index contributed by atoms with van der Waals surface area (Å²) in [5.74, 6) is -0.900. The highest BCUT2D eigenvalue weighted by Crippen LogP contribution is 2.39. The molecule has 1 N–H and O–H groups in total.